The van der Waals surface area contributed by atoms with E-state index in [1.165, 1.54) is 11.3 Å². The van der Waals surface area contributed by atoms with Crippen molar-refractivity contribution >= 4 is 42.1 Å². The Bertz CT molecular complexity index is 580. The fourth-order valence-electron chi connectivity index (χ4n) is 1.92. The minimum Gasteiger partial charge on any atom is -0.354 e. The minimum absolute atomic E-state index is 0. The van der Waals surface area contributed by atoms with Gasteiger partial charge in [-0.2, -0.15) is 0 Å². The van der Waals surface area contributed by atoms with Gasteiger partial charge < -0.3 is 10.6 Å². The fraction of sp³-hybridized carbons (Fsp3) is 0.400. The van der Waals surface area contributed by atoms with E-state index in [-0.39, 0.29) is 36.8 Å². The van der Waals surface area contributed by atoms with Gasteiger partial charge >= 0.3 is 0 Å². The van der Waals surface area contributed by atoms with E-state index >= 15 is 0 Å². The number of thiazole rings is 1. The Kier molecular flexibility index (Phi) is 10.7. The molecule has 0 saturated carbocycles. The number of nitrogens with one attached hydrogen (secondary N) is 2. The van der Waals surface area contributed by atoms with Crippen molar-refractivity contribution in [2.24, 2.45) is 0 Å². The van der Waals surface area contributed by atoms with Gasteiger partial charge in [-0.1, -0.05) is 6.92 Å². The Morgan fingerprint density at radius 3 is 2.83 bits per heavy atom. The molecule has 0 bridgehead atoms. The van der Waals surface area contributed by atoms with Crippen molar-refractivity contribution in [2.75, 3.05) is 13.1 Å². The molecule has 0 aliphatic rings. The van der Waals surface area contributed by atoms with Crippen molar-refractivity contribution in [3.8, 4) is 10.6 Å². The minimum atomic E-state index is 0. The number of halogens is 2. The van der Waals surface area contributed by atoms with E-state index in [4.69, 9.17) is 0 Å². The Labute approximate surface area is 153 Å². The topological polar surface area (TPSA) is 66.9 Å². The van der Waals surface area contributed by atoms with Crippen LogP contribution in [0, 0.1) is 0 Å². The van der Waals surface area contributed by atoms with Gasteiger partial charge in [0.05, 0.1) is 12.1 Å². The van der Waals surface area contributed by atoms with E-state index in [1.807, 2.05) is 31.4 Å². The average molecular weight is 377 g/mol. The number of nitrogens with zero attached hydrogens (tertiary/aromatic N) is 2. The lowest BCUT2D eigenvalue weighted by Crippen LogP contribution is -2.39. The molecule has 0 aliphatic carbocycles. The van der Waals surface area contributed by atoms with Crippen LogP contribution in [0.2, 0.25) is 0 Å². The number of hydrogen-bond acceptors (Lipinski definition) is 5. The standard InChI is InChI=1S/C15H20N4OS.2ClH/c1-3-17-11(2)8-18-14(20)7-13-10-21-15(19-13)12-5-4-6-16-9-12;;/h4-6,9-11,17H,3,7-8H2,1-2H3,(H,18,20);2*1H/t11-;;/m1../s1. The predicted octanol–water partition coefficient (Wildman–Crippen LogP) is 2.71. The summed E-state index contributed by atoms with van der Waals surface area (Å²) in [6, 6.07) is 4.12. The number of carbonyl (C=O) groups is 1. The molecule has 2 heterocycles. The maximum Gasteiger partial charge on any atom is 0.226 e. The zero-order valence-electron chi connectivity index (χ0n) is 13.1. The SMILES string of the molecule is CCN[C@H](C)CNC(=O)Cc1csc(-c2cccnc2)n1.Cl.Cl. The highest BCUT2D eigenvalue weighted by Gasteiger charge is 2.10. The monoisotopic (exact) mass is 376 g/mol. The second-order valence-electron chi connectivity index (χ2n) is 4.83. The highest BCUT2D eigenvalue weighted by Crippen LogP contribution is 2.22. The zero-order valence-corrected chi connectivity index (χ0v) is 15.6. The first-order valence-electron chi connectivity index (χ1n) is 7.04. The maximum absolute atomic E-state index is 11.9. The molecule has 2 rings (SSSR count). The highest BCUT2D eigenvalue weighted by atomic mass is 35.5. The van der Waals surface area contributed by atoms with Gasteiger partial charge in [0, 0.05) is 35.9 Å². The molecular weight excluding hydrogens is 355 g/mol. The van der Waals surface area contributed by atoms with Crippen LogP contribution in [-0.4, -0.2) is 35.0 Å². The second-order valence-corrected chi connectivity index (χ2v) is 5.68. The molecule has 0 radical (unpaired) electrons. The van der Waals surface area contributed by atoms with Gasteiger partial charge in [0.15, 0.2) is 0 Å². The third-order valence-electron chi connectivity index (χ3n) is 2.96. The Hall–Kier alpha value is -1.21. The van der Waals surface area contributed by atoms with Crippen molar-refractivity contribution in [1.29, 1.82) is 0 Å². The van der Waals surface area contributed by atoms with Gasteiger partial charge in [0.1, 0.15) is 5.01 Å². The Morgan fingerprint density at radius 1 is 1.39 bits per heavy atom. The summed E-state index contributed by atoms with van der Waals surface area (Å²) in [7, 11) is 0. The summed E-state index contributed by atoms with van der Waals surface area (Å²) >= 11 is 1.53. The van der Waals surface area contributed by atoms with Gasteiger partial charge in [-0.15, -0.1) is 36.2 Å². The van der Waals surface area contributed by atoms with E-state index in [2.05, 4.69) is 20.6 Å². The number of rotatable bonds is 7. The molecule has 2 N–H and O–H groups in total. The predicted molar refractivity (Wildman–Crippen MR) is 99.7 cm³/mol. The fourth-order valence-corrected chi connectivity index (χ4v) is 2.74. The molecule has 5 nitrogen and oxygen atoms in total. The number of carbonyl (C=O) groups excluding carboxylic acids is 1. The quantitative estimate of drug-likeness (QED) is 0.779. The summed E-state index contributed by atoms with van der Waals surface area (Å²) in [5.41, 5.74) is 1.78. The molecule has 1 amide bonds. The Balaban J connectivity index is 0.00000242. The summed E-state index contributed by atoms with van der Waals surface area (Å²) in [5, 5.41) is 8.99. The number of aromatic nitrogens is 2. The molecule has 0 aromatic carbocycles. The van der Waals surface area contributed by atoms with E-state index < -0.39 is 0 Å². The van der Waals surface area contributed by atoms with Crippen LogP contribution in [0.25, 0.3) is 10.6 Å². The summed E-state index contributed by atoms with van der Waals surface area (Å²) in [6.45, 7) is 5.63. The molecule has 0 saturated heterocycles. The summed E-state index contributed by atoms with van der Waals surface area (Å²) in [4.78, 5) is 20.4. The summed E-state index contributed by atoms with van der Waals surface area (Å²) in [5.74, 6) is 0.00258. The van der Waals surface area contributed by atoms with Gasteiger partial charge in [-0.25, -0.2) is 4.98 Å². The lowest BCUT2D eigenvalue weighted by Gasteiger charge is -2.12. The van der Waals surface area contributed by atoms with Crippen molar-refractivity contribution in [2.45, 2.75) is 26.3 Å². The molecular formula is C15H22Cl2N4OS. The molecule has 23 heavy (non-hydrogen) atoms. The van der Waals surface area contributed by atoms with Crippen LogP contribution in [0.1, 0.15) is 19.5 Å². The second kappa shape index (κ2) is 11.3. The summed E-state index contributed by atoms with van der Waals surface area (Å²) in [6.07, 6.45) is 3.83. The molecule has 8 heteroatoms. The molecule has 2 aromatic rings. The Morgan fingerprint density at radius 2 is 2.17 bits per heavy atom. The van der Waals surface area contributed by atoms with Crippen molar-refractivity contribution < 1.29 is 4.79 Å². The largest absolute Gasteiger partial charge is 0.354 e. The first-order valence-corrected chi connectivity index (χ1v) is 7.92. The molecule has 0 unspecified atom stereocenters. The van der Waals surface area contributed by atoms with Crippen LogP contribution in [-0.2, 0) is 11.2 Å². The number of amides is 1. The van der Waals surface area contributed by atoms with Crippen LogP contribution in [0.5, 0.6) is 0 Å². The van der Waals surface area contributed by atoms with Crippen LogP contribution in [0.4, 0.5) is 0 Å². The number of pyridine rings is 1. The lowest BCUT2D eigenvalue weighted by molar-refractivity contribution is -0.120. The molecule has 1 atom stereocenters. The zero-order chi connectivity index (χ0) is 15.1. The number of likely N-dealkylation sites (N-methyl/N-ethyl adjacent to an activating group) is 1. The third-order valence-corrected chi connectivity index (χ3v) is 3.90. The molecule has 0 aliphatic heterocycles. The van der Waals surface area contributed by atoms with E-state index in [0.29, 0.717) is 13.0 Å². The highest BCUT2D eigenvalue weighted by molar-refractivity contribution is 7.13. The van der Waals surface area contributed by atoms with Crippen molar-refractivity contribution in [3.05, 3.63) is 35.6 Å². The van der Waals surface area contributed by atoms with E-state index in [9.17, 15) is 4.79 Å². The van der Waals surface area contributed by atoms with Gasteiger partial charge in [0.2, 0.25) is 5.91 Å². The van der Waals surface area contributed by atoms with E-state index in [1.54, 1.807) is 12.4 Å². The summed E-state index contributed by atoms with van der Waals surface area (Å²) < 4.78 is 0. The van der Waals surface area contributed by atoms with Crippen LogP contribution < -0.4 is 10.6 Å². The first-order chi connectivity index (χ1) is 10.2. The third kappa shape index (κ3) is 7.26. The van der Waals surface area contributed by atoms with Gasteiger partial charge in [0.25, 0.3) is 0 Å². The van der Waals surface area contributed by atoms with E-state index in [0.717, 1.165) is 22.8 Å². The van der Waals surface area contributed by atoms with Gasteiger partial charge in [-0.05, 0) is 25.6 Å². The van der Waals surface area contributed by atoms with Crippen molar-refractivity contribution in [3.63, 3.8) is 0 Å². The molecule has 0 spiro atoms. The first kappa shape index (κ1) is 21.8. The average Bonchev–Trinajstić information content (AvgIpc) is 2.95. The van der Waals surface area contributed by atoms with Crippen LogP contribution in [0.15, 0.2) is 29.9 Å². The molecule has 0 fully saturated rings. The number of hydrogen-bond donors (Lipinski definition) is 2. The molecule has 2 aromatic heterocycles. The lowest BCUT2D eigenvalue weighted by atomic mass is 10.3. The smallest absolute Gasteiger partial charge is 0.226 e. The normalized spacial score (nSPS) is 11.0. The van der Waals surface area contributed by atoms with Gasteiger partial charge in [-0.3, -0.25) is 9.78 Å². The van der Waals surface area contributed by atoms with Crippen LogP contribution in [0.3, 0.4) is 0 Å². The maximum atomic E-state index is 11.9. The molecule has 128 valence electrons. The van der Waals surface area contributed by atoms with Crippen molar-refractivity contribution in [1.82, 2.24) is 20.6 Å². The van der Waals surface area contributed by atoms with Crippen LogP contribution >= 0.6 is 36.2 Å².